The number of carbonyl (C=O) groups excluding carboxylic acids is 2. The maximum atomic E-state index is 13.0. The zero-order valence-electron chi connectivity index (χ0n) is 19.7. The molecule has 3 aromatic rings. The molecule has 0 unspecified atom stereocenters. The predicted molar refractivity (Wildman–Crippen MR) is 132 cm³/mol. The Bertz CT molecular complexity index is 1200. The van der Waals surface area contributed by atoms with Crippen molar-refractivity contribution < 1.29 is 34.3 Å². The van der Waals surface area contributed by atoms with Crippen molar-refractivity contribution in [3.63, 3.8) is 0 Å². The summed E-state index contributed by atoms with van der Waals surface area (Å²) in [6.45, 7) is 0.413. The molecule has 10 nitrogen and oxygen atoms in total. The van der Waals surface area contributed by atoms with Crippen molar-refractivity contribution in [1.82, 2.24) is 16.0 Å². The van der Waals surface area contributed by atoms with Gasteiger partial charge in [-0.3, -0.25) is 14.8 Å². The summed E-state index contributed by atoms with van der Waals surface area (Å²) >= 11 is 6.05. The second kappa shape index (κ2) is 12.8. The van der Waals surface area contributed by atoms with E-state index in [1.54, 1.807) is 36.9 Å². The molecule has 5 N–H and O–H groups in total. The average molecular weight is 518 g/mol. The molecule has 0 fully saturated rings. The number of hydrogen-bond acceptors (Lipinski definition) is 8. The van der Waals surface area contributed by atoms with Gasteiger partial charge in [0.05, 0.1) is 23.3 Å². The first-order chi connectivity index (χ1) is 17.3. The molecule has 0 aliphatic carbocycles. The Morgan fingerprint density at radius 3 is 2.42 bits per heavy atom. The SMILES string of the molecule is COc1ccc(-c2c(C(=O)NCCCCCCCC(=O)NO)noc2-c2cc(Cl)c(O)cc2O)cc1. The largest absolute Gasteiger partial charge is 0.507 e. The van der Waals surface area contributed by atoms with Gasteiger partial charge in [0.15, 0.2) is 11.5 Å². The van der Waals surface area contributed by atoms with E-state index in [1.165, 1.54) is 6.07 Å². The number of amides is 2. The molecule has 0 aliphatic rings. The Hall–Kier alpha value is -3.76. The van der Waals surface area contributed by atoms with E-state index < -0.39 is 11.8 Å². The van der Waals surface area contributed by atoms with Gasteiger partial charge in [0.2, 0.25) is 5.91 Å². The minimum atomic E-state index is -0.445. The van der Waals surface area contributed by atoms with E-state index in [-0.39, 0.29) is 40.0 Å². The number of aromatic nitrogens is 1. The lowest BCUT2D eigenvalue weighted by Crippen LogP contribution is -2.25. The second-order valence-electron chi connectivity index (χ2n) is 8.09. The lowest BCUT2D eigenvalue weighted by Gasteiger charge is -2.09. The van der Waals surface area contributed by atoms with Gasteiger partial charge in [-0.2, -0.15) is 0 Å². The van der Waals surface area contributed by atoms with Crippen molar-refractivity contribution in [2.24, 2.45) is 0 Å². The fourth-order valence-corrected chi connectivity index (χ4v) is 3.83. The number of hydroxylamine groups is 1. The molecule has 192 valence electrons. The number of hydrogen-bond donors (Lipinski definition) is 5. The van der Waals surface area contributed by atoms with E-state index in [0.717, 1.165) is 31.7 Å². The van der Waals surface area contributed by atoms with Crippen LogP contribution in [0, 0.1) is 0 Å². The van der Waals surface area contributed by atoms with Crippen LogP contribution in [-0.4, -0.2) is 46.0 Å². The van der Waals surface area contributed by atoms with Gasteiger partial charge in [-0.15, -0.1) is 0 Å². The molecule has 0 saturated carbocycles. The number of ether oxygens (including phenoxy) is 1. The number of methoxy groups -OCH3 is 1. The summed E-state index contributed by atoms with van der Waals surface area (Å²) < 4.78 is 10.7. The van der Waals surface area contributed by atoms with Crippen LogP contribution in [0.4, 0.5) is 0 Å². The van der Waals surface area contributed by atoms with Gasteiger partial charge < -0.3 is 24.8 Å². The second-order valence-corrected chi connectivity index (χ2v) is 8.50. The number of benzene rings is 2. The fraction of sp³-hybridized carbons (Fsp3) is 0.320. The Kier molecular flexibility index (Phi) is 9.54. The number of unbranched alkanes of at least 4 members (excludes halogenated alkanes) is 4. The molecular weight excluding hydrogens is 490 g/mol. The molecule has 0 saturated heterocycles. The number of phenolic OH excluding ortho intramolecular Hbond substituents is 2. The van der Waals surface area contributed by atoms with Crippen LogP contribution in [0.25, 0.3) is 22.5 Å². The maximum absolute atomic E-state index is 13.0. The van der Waals surface area contributed by atoms with Crippen molar-refractivity contribution in [2.75, 3.05) is 13.7 Å². The number of halogens is 1. The highest BCUT2D eigenvalue weighted by atomic mass is 35.5. The lowest BCUT2D eigenvalue weighted by atomic mass is 9.98. The summed E-state index contributed by atoms with van der Waals surface area (Å²) in [6.07, 6.45) is 4.28. The lowest BCUT2D eigenvalue weighted by molar-refractivity contribution is -0.129. The van der Waals surface area contributed by atoms with Gasteiger partial charge in [0.1, 0.15) is 17.2 Å². The minimum absolute atomic E-state index is 0.00266. The van der Waals surface area contributed by atoms with Crippen LogP contribution < -0.4 is 15.5 Å². The molecule has 36 heavy (non-hydrogen) atoms. The first kappa shape index (κ1) is 26.8. The fourth-order valence-electron chi connectivity index (χ4n) is 3.67. The number of nitrogens with zero attached hydrogens (tertiary/aromatic N) is 1. The highest BCUT2D eigenvalue weighted by molar-refractivity contribution is 6.32. The molecule has 1 aromatic heterocycles. The number of carbonyl (C=O) groups is 2. The Balaban J connectivity index is 1.75. The summed E-state index contributed by atoms with van der Waals surface area (Å²) in [5.74, 6) is -0.680. The Morgan fingerprint density at radius 2 is 1.72 bits per heavy atom. The van der Waals surface area contributed by atoms with Gasteiger partial charge in [-0.1, -0.05) is 48.2 Å². The smallest absolute Gasteiger partial charge is 0.274 e. The van der Waals surface area contributed by atoms with Crippen molar-refractivity contribution in [3.8, 4) is 39.7 Å². The maximum Gasteiger partial charge on any atom is 0.274 e. The predicted octanol–water partition coefficient (Wildman–Crippen LogP) is 4.66. The molecule has 0 bridgehead atoms. The third-order valence-electron chi connectivity index (χ3n) is 5.59. The molecule has 0 aliphatic heterocycles. The summed E-state index contributed by atoms with van der Waals surface area (Å²) in [6, 6.07) is 9.35. The van der Waals surface area contributed by atoms with E-state index in [0.29, 0.717) is 29.8 Å². The minimum Gasteiger partial charge on any atom is -0.507 e. The van der Waals surface area contributed by atoms with Crippen molar-refractivity contribution in [2.45, 2.75) is 38.5 Å². The number of aromatic hydroxyl groups is 2. The van der Waals surface area contributed by atoms with E-state index in [4.69, 9.17) is 26.1 Å². The van der Waals surface area contributed by atoms with Crippen LogP contribution in [0.1, 0.15) is 49.0 Å². The number of nitrogens with one attached hydrogen (secondary N) is 2. The van der Waals surface area contributed by atoms with Crippen LogP contribution >= 0.6 is 11.6 Å². The third-order valence-corrected chi connectivity index (χ3v) is 5.89. The zero-order chi connectivity index (χ0) is 26.1. The molecule has 2 amide bonds. The highest BCUT2D eigenvalue weighted by Crippen LogP contribution is 2.43. The highest BCUT2D eigenvalue weighted by Gasteiger charge is 2.26. The molecule has 0 spiro atoms. The number of phenols is 2. The number of rotatable bonds is 12. The standard InChI is InChI=1S/C25H28ClN3O7/c1-35-16-10-8-15(9-11-16)22-23(25(33)27-12-6-4-2-3-5-7-21(32)28-34)29-36-24(22)17-13-18(26)20(31)14-19(17)30/h8-11,13-14,30-31,34H,2-7,12H2,1H3,(H,27,33)(H,28,32). The molecular formula is C25H28ClN3O7. The monoisotopic (exact) mass is 517 g/mol. The van der Waals surface area contributed by atoms with E-state index in [1.807, 2.05) is 0 Å². The zero-order valence-corrected chi connectivity index (χ0v) is 20.5. The summed E-state index contributed by atoms with van der Waals surface area (Å²) in [5, 5.41) is 35.5. The van der Waals surface area contributed by atoms with Crippen molar-refractivity contribution in [3.05, 3.63) is 47.1 Å². The van der Waals surface area contributed by atoms with Crippen LogP contribution in [-0.2, 0) is 4.79 Å². The Morgan fingerprint density at radius 1 is 1.03 bits per heavy atom. The normalized spacial score (nSPS) is 10.8. The topological polar surface area (TPSA) is 154 Å². The summed E-state index contributed by atoms with van der Waals surface area (Å²) in [4.78, 5) is 24.0. The molecule has 11 heteroatoms. The van der Waals surface area contributed by atoms with Gasteiger partial charge in [-0.25, -0.2) is 5.48 Å². The van der Waals surface area contributed by atoms with Crippen molar-refractivity contribution in [1.29, 1.82) is 0 Å². The van der Waals surface area contributed by atoms with Gasteiger partial charge in [0.25, 0.3) is 5.91 Å². The first-order valence-corrected chi connectivity index (χ1v) is 11.8. The van der Waals surface area contributed by atoms with E-state index in [9.17, 15) is 19.8 Å². The quantitative estimate of drug-likeness (QED) is 0.132. The third kappa shape index (κ3) is 6.67. The van der Waals surface area contributed by atoms with Gasteiger partial charge in [-0.05, 0) is 36.6 Å². The van der Waals surface area contributed by atoms with Gasteiger partial charge in [0, 0.05) is 19.0 Å². The van der Waals surface area contributed by atoms with Crippen LogP contribution in [0.5, 0.6) is 17.2 Å². The van der Waals surface area contributed by atoms with Crippen LogP contribution in [0.2, 0.25) is 5.02 Å². The van der Waals surface area contributed by atoms with Crippen LogP contribution in [0.3, 0.4) is 0 Å². The molecule has 3 rings (SSSR count). The summed E-state index contributed by atoms with van der Waals surface area (Å²) in [7, 11) is 1.54. The summed E-state index contributed by atoms with van der Waals surface area (Å²) in [5.41, 5.74) is 2.78. The molecule has 0 atom stereocenters. The first-order valence-electron chi connectivity index (χ1n) is 11.4. The van der Waals surface area contributed by atoms with Crippen molar-refractivity contribution >= 4 is 23.4 Å². The Labute approximate surface area is 212 Å². The molecule has 0 radical (unpaired) electrons. The average Bonchev–Trinajstić information content (AvgIpc) is 3.32. The molecule has 2 aromatic carbocycles. The van der Waals surface area contributed by atoms with Crippen LogP contribution in [0.15, 0.2) is 40.9 Å². The van der Waals surface area contributed by atoms with E-state index in [2.05, 4.69) is 10.5 Å². The van der Waals surface area contributed by atoms with Gasteiger partial charge >= 0.3 is 0 Å². The van der Waals surface area contributed by atoms with E-state index >= 15 is 0 Å². The molecule has 1 heterocycles.